The molecule has 1 saturated carbocycles. The fraction of sp³-hybridized carbons (Fsp3) is 0.364. The molecule has 0 aliphatic heterocycles. The Balaban J connectivity index is 2.05. The third-order valence-corrected chi connectivity index (χ3v) is 5.92. The van der Waals surface area contributed by atoms with Gasteiger partial charge in [-0.05, 0) is 49.2 Å². The number of primary amides is 1. The van der Waals surface area contributed by atoms with Gasteiger partial charge in [-0.3, -0.25) is 9.80 Å². The van der Waals surface area contributed by atoms with Crippen LogP contribution in [0.15, 0.2) is 72.0 Å². The van der Waals surface area contributed by atoms with E-state index in [1.807, 2.05) is 36.4 Å². The molecule has 5 heteroatoms. The molecule has 27 heavy (non-hydrogen) atoms. The summed E-state index contributed by atoms with van der Waals surface area (Å²) in [4.78, 5) is 13.1. The fourth-order valence-corrected chi connectivity index (χ4v) is 4.78. The van der Waals surface area contributed by atoms with Gasteiger partial charge in [-0.15, -0.1) is 0 Å². The van der Waals surface area contributed by atoms with Gasteiger partial charge in [0.05, 0.1) is 11.5 Å². The van der Waals surface area contributed by atoms with Gasteiger partial charge in [0.2, 0.25) is 5.91 Å². The zero-order chi connectivity index (χ0) is 19.3. The number of carbonyl (C=O) groups is 1. The molecule has 2 aliphatic rings. The van der Waals surface area contributed by atoms with E-state index >= 15 is 0 Å². The van der Waals surface area contributed by atoms with Crippen LogP contribution in [0.1, 0.15) is 37.7 Å². The number of nitrogens with two attached hydrogens (primary N) is 2. The highest BCUT2D eigenvalue weighted by Gasteiger charge is 2.51. The molecule has 1 amide bonds. The van der Waals surface area contributed by atoms with Gasteiger partial charge in [0.1, 0.15) is 6.34 Å². The van der Waals surface area contributed by atoms with Gasteiger partial charge < -0.3 is 11.5 Å². The second-order valence-electron chi connectivity index (χ2n) is 7.19. The molecule has 0 bridgehead atoms. The van der Waals surface area contributed by atoms with Gasteiger partial charge in [-0.25, -0.2) is 0 Å². The van der Waals surface area contributed by atoms with Crippen molar-refractivity contribution in [2.45, 2.75) is 43.6 Å². The summed E-state index contributed by atoms with van der Waals surface area (Å²) in [5.74, 6) is -0.163. The highest BCUT2D eigenvalue weighted by atomic mass is 16.1. The predicted octanol–water partition coefficient (Wildman–Crippen LogP) is 3.20. The molecule has 1 fully saturated rings. The predicted molar refractivity (Wildman–Crippen MR) is 110 cm³/mol. The maximum atomic E-state index is 13.1. The molecule has 1 unspecified atom stereocenters. The van der Waals surface area contributed by atoms with Crippen LogP contribution < -0.4 is 11.5 Å². The number of rotatable bonds is 7. The summed E-state index contributed by atoms with van der Waals surface area (Å²) in [6.07, 6.45) is 13.6. The van der Waals surface area contributed by atoms with Crippen LogP contribution in [0.2, 0.25) is 0 Å². The summed E-state index contributed by atoms with van der Waals surface area (Å²) in [5.41, 5.74) is 12.9. The topological polar surface area (TPSA) is 84.7 Å². The van der Waals surface area contributed by atoms with Crippen molar-refractivity contribution in [3.63, 3.8) is 0 Å². The number of hydrogen-bond donors (Lipinski definition) is 2. The van der Waals surface area contributed by atoms with Crippen molar-refractivity contribution in [1.29, 1.82) is 0 Å². The first-order chi connectivity index (χ1) is 13.1. The fourth-order valence-electron chi connectivity index (χ4n) is 4.78. The molecule has 0 radical (unpaired) electrons. The molecule has 0 heterocycles. The maximum Gasteiger partial charge on any atom is 0.232 e. The Kier molecular flexibility index (Phi) is 5.79. The first-order valence-corrected chi connectivity index (χ1v) is 9.51. The van der Waals surface area contributed by atoms with E-state index < -0.39 is 5.41 Å². The van der Waals surface area contributed by atoms with Crippen LogP contribution in [0, 0.1) is 5.92 Å². The van der Waals surface area contributed by atoms with Crippen LogP contribution in [0.4, 0.5) is 0 Å². The van der Waals surface area contributed by atoms with Crippen molar-refractivity contribution in [2.75, 3.05) is 0 Å². The number of hydrogen-bond acceptors (Lipinski definition) is 3. The van der Waals surface area contributed by atoms with E-state index in [1.165, 1.54) is 6.34 Å². The Labute approximate surface area is 161 Å². The van der Waals surface area contributed by atoms with Crippen LogP contribution >= 0.6 is 0 Å². The van der Waals surface area contributed by atoms with Gasteiger partial charge >= 0.3 is 0 Å². The molecule has 0 spiro atoms. The molecule has 3 atom stereocenters. The average Bonchev–Trinajstić information content (AvgIpc) is 3.18. The lowest BCUT2D eigenvalue weighted by Crippen LogP contribution is -2.48. The van der Waals surface area contributed by atoms with Crippen molar-refractivity contribution in [3.05, 3.63) is 72.5 Å². The van der Waals surface area contributed by atoms with E-state index in [9.17, 15) is 4.79 Å². The Morgan fingerprint density at radius 1 is 1.30 bits per heavy atom. The van der Waals surface area contributed by atoms with E-state index in [1.54, 1.807) is 11.2 Å². The summed E-state index contributed by atoms with van der Waals surface area (Å²) in [7, 11) is 0. The highest BCUT2D eigenvalue weighted by molar-refractivity contribution is 5.91. The molecule has 1 aromatic rings. The van der Waals surface area contributed by atoms with Gasteiger partial charge in [0.25, 0.3) is 0 Å². The summed E-state index contributed by atoms with van der Waals surface area (Å²) >= 11 is 0. The molecule has 4 N–H and O–H groups in total. The van der Waals surface area contributed by atoms with E-state index in [-0.39, 0.29) is 17.9 Å². The molecule has 0 saturated heterocycles. The molecular formula is C22H28N4O. The van der Waals surface area contributed by atoms with Crippen molar-refractivity contribution < 1.29 is 4.79 Å². The average molecular weight is 364 g/mol. The lowest BCUT2D eigenvalue weighted by atomic mass is 9.62. The zero-order valence-corrected chi connectivity index (χ0v) is 15.6. The first-order valence-electron chi connectivity index (χ1n) is 9.51. The molecule has 142 valence electrons. The number of carbonyl (C=O) groups excluding carboxylic acids is 1. The summed E-state index contributed by atoms with van der Waals surface area (Å²) in [6, 6.07) is 10.1. The minimum absolute atomic E-state index is 0.107. The summed E-state index contributed by atoms with van der Waals surface area (Å²) in [6.45, 7) is 3.84. The Morgan fingerprint density at radius 3 is 2.67 bits per heavy atom. The van der Waals surface area contributed by atoms with Gasteiger partial charge in [-0.1, -0.05) is 55.1 Å². The molecule has 5 nitrogen and oxygen atoms in total. The van der Waals surface area contributed by atoms with Crippen LogP contribution in [-0.4, -0.2) is 23.3 Å². The van der Waals surface area contributed by atoms with Crippen LogP contribution in [-0.2, 0) is 10.2 Å². The molecule has 2 aliphatic carbocycles. The number of hydrazone groups is 1. The standard InChI is InChI=1S/C22H28N4O/c1-2-26(25-16-23)20-14-13-19(15-20)22(21(24)27,17-9-5-3-6-10-17)18-11-7-4-8-12-18/h2-7,9-11,16,19-20H,1,8,12-15H2,(H2,23,25)(H2,24,27)/t19?,20-,22-/m0/s1. The third kappa shape index (κ3) is 3.42. The van der Waals surface area contributed by atoms with Crippen LogP contribution in [0.3, 0.4) is 0 Å². The quantitative estimate of drug-likeness (QED) is 0.443. The molecule has 3 rings (SSSR count). The van der Waals surface area contributed by atoms with Gasteiger partial charge in [-0.2, -0.15) is 5.10 Å². The van der Waals surface area contributed by atoms with E-state index in [0.29, 0.717) is 0 Å². The van der Waals surface area contributed by atoms with Crippen LogP contribution in [0.5, 0.6) is 0 Å². The molecule has 1 aromatic carbocycles. The number of allylic oxidation sites excluding steroid dienone is 3. The normalized spacial score (nSPS) is 24.4. The van der Waals surface area contributed by atoms with E-state index in [0.717, 1.165) is 43.2 Å². The number of benzene rings is 1. The lowest BCUT2D eigenvalue weighted by Gasteiger charge is -2.40. The SMILES string of the molecule is C=CN(/N=C\N)[C@H]1CCC([C@@](C(N)=O)(C2=CC=CCC2)c2ccccc2)C1. The second kappa shape index (κ2) is 8.25. The summed E-state index contributed by atoms with van der Waals surface area (Å²) in [5, 5.41) is 5.99. The second-order valence-corrected chi connectivity index (χ2v) is 7.19. The number of nitrogens with zero attached hydrogens (tertiary/aromatic N) is 2. The highest BCUT2D eigenvalue weighted by Crippen LogP contribution is 2.49. The smallest absolute Gasteiger partial charge is 0.232 e. The monoisotopic (exact) mass is 364 g/mol. The van der Waals surface area contributed by atoms with E-state index in [4.69, 9.17) is 11.5 Å². The van der Waals surface area contributed by atoms with Gasteiger partial charge in [0, 0.05) is 6.20 Å². The van der Waals surface area contributed by atoms with Gasteiger partial charge in [0.15, 0.2) is 0 Å². The zero-order valence-electron chi connectivity index (χ0n) is 15.6. The Bertz CT molecular complexity index is 768. The lowest BCUT2D eigenvalue weighted by molar-refractivity contribution is -0.124. The molecule has 0 aromatic heterocycles. The molecular weight excluding hydrogens is 336 g/mol. The summed E-state index contributed by atoms with van der Waals surface area (Å²) < 4.78 is 0. The Morgan fingerprint density at radius 2 is 2.07 bits per heavy atom. The maximum absolute atomic E-state index is 13.1. The first kappa shape index (κ1) is 19.0. The van der Waals surface area contributed by atoms with Crippen molar-refractivity contribution in [3.8, 4) is 0 Å². The van der Waals surface area contributed by atoms with Crippen molar-refractivity contribution in [1.82, 2.24) is 5.01 Å². The van der Waals surface area contributed by atoms with Crippen molar-refractivity contribution in [2.24, 2.45) is 22.5 Å². The largest absolute Gasteiger partial charge is 0.388 e. The Hall–Kier alpha value is -2.82. The minimum Gasteiger partial charge on any atom is -0.388 e. The van der Waals surface area contributed by atoms with E-state index in [2.05, 4.69) is 23.8 Å². The third-order valence-electron chi connectivity index (χ3n) is 5.92. The number of amides is 1. The minimum atomic E-state index is -0.792. The van der Waals surface area contributed by atoms with Crippen LogP contribution in [0.25, 0.3) is 0 Å². The van der Waals surface area contributed by atoms with Crippen molar-refractivity contribution >= 4 is 12.2 Å².